The number of hydrogen-bond donors (Lipinski definition) is 3. The van der Waals surface area contributed by atoms with Crippen molar-refractivity contribution in [1.29, 1.82) is 0 Å². The molecule has 4 rings (SSSR count). The van der Waals surface area contributed by atoms with E-state index in [1.165, 1.54) is 30.0 Å². The summed E-state index contributed by atoms with van der Waals surface area (Å²) < 4.78 is 9.41. The molecule has 0 radical (unpaired) electrons. The number of aromatic amines is 1. The van der Waals surface area contributed by atoms with Crippen molar-refractivity contribution in [2.75, 3.05) is 12.4 Å². The van der Waals surface area contributed by atoms with Crippen molar-refractivity contribution in [2.24, 2.45) is 0 Å². The molecule has 3 atom stereocenters. The number of thioether (sulfide) groups is 1. The lowest BCUT2D eigenvalue weighted by molar-refractivity contribution is -0.151. The molecular weight excluding hydrogens is 464 g/mol. The van der Waals surface area contributed by atoms with Gasteiger partial charge in [0.1, 0.15) is 29.6 Å². The zero-order valence-corrected chi connectivity index (χ0v) is 18.0. The third-order valence-corrected chi connectivity index (χ3v) is 7.09. The molecule has 168 valence electrons. The maximum Gasteiger partial charge on any atom is 0.438 e. The summed E-state index contributed by atoms with van der Waals surface area (Å²) in [6, 6.07) is 2.43. The summed E-state index contributed by atoms with van der Waals surface area (Å²) in [4.78, 5) is 64.1. The summed E-state index contributed by atoms with van der Waals surface area (Å²) in [5.41, 5.74) is 0.0462. The van der Waals surface area contributed by atoms with Gasteiger partial charge < -0.3 is 15.2 Å². The number of hydrogen-bond acceptors (Lipinski definition) is 10. The minimum Gasteiger partial charge on any atom is -0.477 e. The van der Waals surface area contributed by atoms with Gasteiger partial charge in [-0.2, -0.15) is 0 Å². The quantitative estimate of drug-likeness (QED) is 0.358. The van der Waals surface area contributed by atoms with Crippen LogP contribution in [-0.4, -0.2) is 67.7 Å². The van der Waals surface area contributed by atoms with Crippen molar-refractivity contribution in [3.05, 3.63) is 50.0 Å². The van der Waals surface area contributed by atoms with Crippen LogP contribution in [0.25, 0.3) is 0 Å². The van der Waals surface area contributed by atoms with Crippen LogP contribution < -0.4 is 11.1 Å². The van der Waals surface area contributed by atoms with Crippen LogP contribution in [0, 0.1) is 0 Å². The highest BCUT2D eigenvalue weighted by Crippen LogP contribution is 2.40. The number of nitrogens with one attached hydrogen (secondary N) is 2. The molecule has 2 aliphatic heterocycles. The molecule has 0 bridgehead atoms. The Morgan fingerprint density at radius 2 is 2.22 bits per heavy atom. The number of rotatable bonds is 7. The Morgan fingerprint density at radius 3 is 2.81 bits per heavy atom. The predicted molar refractivity (Wildman–Crippen MR) is 110 cm³/mol. The molecule has 0 aliphatic carbocycles. The zero-order chi connectivity index (χ0) is 23.0. The van der Waals surface area contributed by atoms with E-state index < -0.39 is 46.8 Å². The molecule has 12 nitrogen and oxygen atoms in total. The zero-order valence-electron chi connectivity index (χ0n) is 16.4. The molecule has 14 heteroatoms. The highest BCUT2D eigenvalue weighted by molar-refractivity contribution is 8.00. The maximum atomic E-state index is 13.1. The molecule has 2 aromatic heterocycles. The summed E-state index contributed by atoms with van der Waals surface area (Å²) in [5, 5.41) is 16.9. The second kappa shape index (κ2) is 8.63. The van der Waals surface area contributed by atoms with Gasteiger partial charge >= 0.3 is 17.7 Å². The molecule has 3 N–H and O–H groups in total. The van der Waals surface area contributed by atoms with Crippen molar-refractivity contribution >= 4 is 46.9 Å². The SMILES string of the molecule is CC(=O)OCC1=C(C(=O)O)N2C(=O)C(NC(=O)C(c3noc(=O)[nH]3)c3cccs3)C2SC1. The van der Waals surface area contributed by atoms with E-state index in [0.717, 1.165) is 4.90 Å². The first-order valence-electron chi connectivity index (χ1n) is 9.21. The number of aromatic nitrogens is 2. The van der Waals surface area contributed by atoms with Crippen LogP contribution in [0.15, 0.2) is 38.1 Å². The van der Waals surface area contributed by atoms with Crippen LogP contribution >= 0.6 is 23.1 Å². The molecule has 3 unspecified atom stereocenters. The summed E-state index contributed by atoms with van der Waals surface area (Å²) >= 11 is 2.51. The third-order valence-electron chi connectivity index (χ3n) is 4.82. The molecule has 4 heterocycles. The molecule has 0 spiro atoms. The Bertz CT molecular complexity index is 1170. The van der Waals surface area contributed by atoms with Gasteiger partial charge in [-0.15, -0.1) is 23.1 Å². The van der Waals surface area contributed by atoms with Gasteiger partial charge in [0.2, 0.25) is 5.91 Å². The van der Waals surface area contributed by atoms with Gasteiger partial charge in [-0.05, 0) is 11.4 Å². The van der Waals surface area contributed by atoms with Crippen molar-refractivity contribution in [1.82, 2.24) is 20.4 Å². The van der Waals surface area contributed by atoms with Gasteiger partial charge in [0.15, 0.2) is 5.82 Å². The number of aliphatic carboxylic acids is 1. The average molecular weight is 480 g/mol. The second-order valence-electron chi connectivity index (χ2n) is 6.86. The van der Waals surface area contributed by atoms with E-state index in [4.69, 9.17) is 4.74 Å². The van der Waals surface area contributed by atoms with Crippen molar-refractivity contribution < 1.29 is 33.5 Å². The number of carbonyl (C=O) groups is 4. The molecule has 1 fully saturated rings. The normalized spacial score (nSPS) is 20.9. The average Bonchev–Trinajstić information content (AvgIpc) is 3.42. The Balaban J connectivity index is 1.54. The number of H-pyrrole nitrogens is 1. The van der Waals surface area contributed by atoms with E-state index in [0.29, 0.717) is 10.5 Å². The van der Waals surface area contributed by atoms with E-state index in [1.807, 2.05) is 0 Å². The van der Waals surface area contributed by atoms with Gasteiger partial charge in [0, 0.05) is 23.1 Å². The van der Waals surface area contributed by atoms with Crippen molar-refractivity contribution in [2.45, 2.75) is 24.3 Å². The number of nitrogens with zero attached hydrogens (tertiary/aromatic N) is 2. The number of fused-ring (bicyclic) bond motifs is 1. The molecule has 0 aromatic carbocycles. The van der Waals surface area contributed by atoms with E-state index in [9.17, 15) is 29.1 Å². The first-order chi connectivity index (χ1) is 15.3. The Kier molecular flexibility index (Phi) is 5.88. The maximum absolute atomic E-state index is 13.1. The molecule has 1 saturated heterocycles. The van der Waals surface area contributed by atoms with Crippen LogP contribution in [0.3, 0.4) is 0 Å². The Morgan fingerprint density at radius 1 is 1.44 bits per heavy atom. The van der Waals surface area contributed by atoms with E-state index in [-0.39, 0.29) is 23.9 Å². The van der Waals surface area contributed by atoms with E-state index in [2.05, 4.69) is 20.0 Å². The number of amides is 2. The van der Waals surface area contributed by atoms with Crippen molar-refractivity contribution in [3.63, 3.8) is 0 Å². The van der Waals surface area contributed by atoms with Crippen LogP contribution in [0.1, 0.15) is 23.5 Å². The minimum absolute atomic E-state index is 0.00957. The first kappa shape index (κ1) is 21.8. The number of esters is 1. The smallest absolute Gasteiger partial charge is 0.438 e. The summed E-state index contributed by atoms with van der Waals surface area (Å²) in [7, 11) is 0. The van der Waals surface area contributed by atoms with Crippen molar-refractivity contribution in [3.8, 4) is 0 Å². The number of β-lactam (4-membered cyclic amide) rings is 1. The summed E-state index contributed by atoms with van der Waals surface area (Å²) in [6.45, 7) is 0.962. The lowest BCUT2D eigenvalue weighted by Crippen LogP contribution is -2.71. The standard InChI is InChI=1S/C18H16N4O8S2/c1-7(23)29-5-8-6-32-16-11(15(25)22(16)12(8)17(26)27)19-14(24)10(9-3-2-4-31-9)13-20-18(28)30-21-13/h2-4,10-11,16H,5-6H2,1H3,(H,19,24)(H,26,27)(H,20,21,28). The number of ether oxygens (including phenoxy) is 1. The lowest BCUT2D eigenvalue weighted by Gasteiger charge is -2.49. The molecule has 32 heavy (non-hydrogen) atoms. The lowest BCUT2D eigenvalue weighted by atomic mass is 10.0. The molecule has 2 aliphatic rings. The topological polar surface area (TPSA) is 172 Å². The van der Waals surface area contributed by atoms with Gasteiger partial charge in [0.25, 0.3) is 5.91 Å². The number of carbonyl (C=O) groups excluding carboxylic acids is 3. The third kappa shape index (κ3) is 3.93. The van der Waals surface area contributed by atoms with Gasteiger partial charge in [-0.1, -0.05) is 11.2 Å². The van der Waals surface area contributed by atoms with Crippen LogP contribution in [0.5, 0.6) is 0 Å². The predicted octanol–water partition coefficient (Wildman–Crippen LogP) is -0.142. The largest absolute Gasteiger partial charge is 0.477 e. The number of thiophene rings is 1. The summed E-state index contributed by atoms with van der Waals surface area (Å²) in [5.74, 6) is -4.72. The number of carboxylic acids is 1. The van der Waals surface area contributed by atoms with Gasteiger partial charge in [-0.3, -0.25) is 28.8 Å². The number of carboxylic acid groups (broad SMARTS) is 1. The van der Waals surface area contributed by atoms with E-state index >= 15 is 0 Å². The highest BCUT2D eigenvalue weighted by atomic mass is 32.2. The van der Waals surface area contributed by atoms with Crippen LogP contribution in [0.4, 0.5) is 0 Å². The summed E-state index contributed by atoms with van der Waals surface area (Å²) in [6.07, 6.45) is 0. The highest BCUT2D eigenvalue weighted by Gasteiger charge is 2.54. The minimum atomic E-state index is -1.33. The first-order valence-corrected chi connectivity index (χ1v) is 11.1. The molecule has 2 aromatic rings. The Hall–Kier alpha value is -3.39. The molecule has 2 amide bonds. The fraction of sp³-hybridized carbons (Fsp3) is 0.333. The molecule has 0 saturated carbocycles. The van der Waals surface area contributed by atoms with Crippen LogP contribution in [-0.2, 0) is 23.9 Å². The second-order valence-corrected chi connectivity index (χ2v) is 8.95. The van der Waals surface area contributed by atoms with Crippen LogP contribution in [0.2, 0.25) is 0 Å². The Labute approximate surface area is 187 Å². The fourth-order valence-electron chi connectivity index (χ4n) is 3.43. The fourth-order valence-corrected chi connectivity index (χ4v) is 5.58. The monoisotopic (exact) mass is 480 g/mol. The van der Waals surface area contributed by atoms with Gasteiger partial charge in [0.05, 0.1) is 0 Å². The van der Waals surface area contributed by atoms with E-state index in [1.54, 1.807) is 17.5 Å². The molecular formula is C18H16N4O8S2. The van der Waals surface area contributed by atoms with Gasteiger partial charge in [-0.25, -0.2) is 9.59 Å².